The van der Waals surface area contributed by atoms with E-state index < -0.39 is 60.8 Å². The number of carboxylic acid groups (broad SMARTS) is 2. The van der Waals surface area contributed by atoms with Crippen molar-refractivity contribution < 1.29 is 46.8 Å². The third kappa shape index (κ3) is 5.14. The highest BCUT2D eigenvalue weighted by Crippen LogP contribution is 2.35. The van der Waals surface area contributed by atoms with E-state index in [2.05, 4.69) is 15.0 Å². The van der Waals surface area contributed by atoms with Gasteiger partial charge in [-0.1, -0.05) is 18.2 Å². The number of nitrogens with zero attached hydrogens (tertiary/aromatic N) is 4. The number of ether oxygens (including phenoxy) is 2. The van der Waals surface area contributed by atoms with Gasteiger partial charge < -0.3 is 25.4 Å². The summed E-state index contributed by atoms with van der Waals surface area (Å²) in [5.74, 6) is -3.96. The van der Waals surface area contributed by atoms with Gasteiger partial charge in [0.1, 0.15) is 11.7 Å². The maximum atomic E-state index is 14.9. The lowest BCUT2D eigenvalue weighted by Crippen LogP contribution is -2.52. The molecule has 16 heteroatoms. The first-order valence-electron chi connectivity index (χ1n) is 10.5. The smallest absolute Gasteiger partial charge is 0.416 e. The van der Waals surface area contributed by atoms with Gasteiger partial charge in [0.2, 0.25) is 5.28 Å². The molecular formula is C21H18ClF4N5O6. The van der Waals surface area contributed by atoms with Gasteiger partial charge in [0, 0.05) is 12.8 Å². The van der Waals surface area contributed by atoms with Gasteiger partial charge in [-0.15, -0.1) is 0 Å². The number of rotatable bonds is 8. The van der Waals surface area contributed by atoms with Crippen LogP contribution in [0.2, 0.25) is 5.28 Å². The Bertz CT molecular complexity index is 1340. The van der Waals surface area contributed by atoms with E-state index in [4.69, 9.17) is 26.8 Å². The van der Waals surface area contributed by atoms with Crippen LogP contribution in [0.1, 0.15) is 23.8 Å². The molecule has 0 amide bonds. The molecule has 1 fully saturated rings. The van der Waals surface area contributed by atoms with Crippen LogP contribution in [0.15, 0.2) is 30.6 Å². The molecule has 11 nitrogen and oxygen atoms in total. The predicted octanol–water partition coefficient (Wildman–Crippen LogP) is 2.87. The van der Waals surface area contributed by atoms with E-state index in [0.29, 0.717) is 6.07 Å². The van der Waals surface area contributed by atoms with Crippen LogP contribution in [0.25, 0.3) is 11.2 Å². The van der Waals surface area contributed by atoms with Crippen molar-refractivity contribution in [1.82, 2.24) is 19.5 Å². The van der Waals surface area contributed by atoms with Gasteiger partial charge >= 0.3 is 18.1 Å². The van der Waals surface area contributed by atoms with Crippen molar-refractivity contribution in [3.63, 3.8) is 0 Å². The van der Waals surface area contributed by atoms with Crippen LogP contribution in [-0.4, -0.2) is 66.2 Å². The highest BCUT2D eigenvalue weighted by Gasteiger charge is 2.50. The average molecular weight is 548 g/mol. The number of aliphatic carboxylic acids is 2. The second-order valence-electron chi connectivity index (χ2n) is 8.23. The molecule has 1 saturated heterocycles. The Morgan fingerprint density at radius 2 is 1.95 bits per heavy atom. The highest BCUT2D eigenvalue weighted by atomic mass is 35.5. The summed E-state index contributed by atoms with van der Waals surface area (Å²) in [6.07, 6.45) is -8.89. The minimum absolute atomic E-state index is 0.0515. The topological polar surface area (TPSA) is 163 Å². The summed E-state index contributed by atoms with van der Waals surface area (Å²) in [4.78, 5) is 35.7. The Balaban J connectivity index is 1.54. The fraction of sp³-hybridized carbons (Fsp3) is 0.381. The summed E-state index contributed by atoms with van der Waals surface area (Å²) in [5.41, 5.74) is 1.65. The van der Waals surface area contributed by atoms with Crippen LogP contribution >= 0.6 is 11.6 Å². The van der Waals surface area contributed by atoms with Gasteiger partial charge in [-0.2, -0.15) is 23.1 Å². The molecule has 0 spiro atoms. The van der Waals surface area contributed by atoms with Crippen molar-refractivity contribution >= 4 is 40.5 Å². The first kappa shape index (κ1) is 26.5. The molecule has 0 bridgehead atoms. The zero-order valence-corrected chi connectivity index (χ0v) is 19.3. The molecule has 3 aromatic rings. The summed E-state index contributed by atoms with van der Waals surface area (Å²) < 4.78 is 66.1. The summed E-state index contributed by atoms with van der Waals surface area (Å²) in [6, 6.07) is 3.55. The molecule has 3 heterocycles. The summed E-state index contributed by atoms with van der Waals surface area (Å²) in [6.45, 7) is -0.695. The SMILES string of the molecule is Nc1nc(Cl)nc2c1ncn2C1OC(COC(Cc2cccc(C(F)(F)F)c2)(C(=O)O)C(=O)O)CC1F. The van der Waals surface area contributed by atoms with Crippen molar-refractivity contribution in [2.24, 2.45) is 0 Å². The first-order valence-corrected chi connectivity index (χ1v) is 10.9. The van der Waals surface area contributed by atoms with Gasteiger partial charge in [-0.05, 0) is 23.2 Å². The molecule has 4 N–H and O–H groups in total. The van der Waals surface area contributed by atoms with Gasteiger partial charge in [0.05, 0.1) is 24.6 Å². The summed E-state index contributed by atoms with van der Waals surface area (Å²) in [7, 11) is 0. The number of aromatic nitrogens is 4. The highest BCUT2D eigenvalue weighted by molar-refractivity contribution is 6.28. The summed E-state index contributed by atoms with van der Waals surface area (Å²) >= 11 is 5.81. The number of nitrogens with two attached hydrogens (primary N) is 1. The Kier molecular flexibility index (Phi) is 6.96. The molecule has 1 aromatic carbocycles. The molecule has 37 heavy (non-hydrogen) atoms. The molecule has 4 rings (SSSR count). The van der Waals surface area contributed by atoms with Crippen molar-refractivity contribution in [3.8, 4) is 0 Å². The van der Waals surface area contributed by atoms with Crippen molar-refractivity contribution in [1.29, 1.82) is 0 Å². The fourth-order valence-electron chi connectivity index (χ4n) is 3.95. The number of imidazole rings is 1. The van der Waals surface area contributed by atoms with Crippen molar-refractivity contribution in [2.45, 2.75) is 43.1 Å². The maximum absolute atomic E-state index is 14.9. The fourth-order valence-corrected chi connectivity index (χ4v) is 4.12. The molecule has 1 aliphatic rings. The van der Waals surface area contributed by atoms with Crippen LogP contribution in [0.5, 0.6) is 0 Å². The number of anilines is 1. The molecule has 2 aromatic heterocycles. The number of alkyl halides is 4. The van der Waals surface area contributed by atoms with E-state index in [-0.39, 0.29) is 34.2 Å². The monoisotopic (exact) mass is 547 g/mol. The molecule has 0 aliphatic carbocycles. The third-order valence-electron chi connectivity index (χ3n) is 5.74. The van der Waals surface area contributed by atoms with Gasteiger partial charge in [-0.3, -0.25) is 4.57 Å². The normalized spacial score (nSPS) is 20.4. The Morgan fingerprint density at radius 1 is 1.24 bits per heavy atom. The van der Waals surface area contributed by atoms with Crippen LogP contribution in [0, 0.1) is 0 Å². The maximum Gasteiger partial charge on any atom is 0.416 e. The van der Waals surface area contributed by atoms with E-state index in [9.17, 15) is 37.4 Å². The Hall–Kier alpha value is -3.56. The number of nitrogen functional groups attached to an aromatic ring is 1. The van der Waals surface area contributed by atoms with Crippen LogP contribution < -0.4 is 5.73 Å². The van der Waals surface area contributed by atoms with Gasteiger partial charge in [0.25, 0.3) is 5.60 Å². The molecule has 0 radical (unpaired) electrons. The first-order chi connectivity index (χ1) is 17.3. The molecule has 1 aliphatic heterocycles. The van der Waals surface area contributed by atoms with Crippen LogP contribution in [0.4, 0.5) is 23.4 Å². The standard InChI is InChI=1S/C21H18ClF4N5O6/c22-19-29-14(27)13-15(30-19)31(8-28-13)16-12(23)5-11(37-16)7-36-20(17(32)33,18(34)35)6-9-2-1-3-10(4-9)21(24,25)26/h1-4,8,11-12,16H,5-7H2,(H,32,33)(H,34,35)(H2,27,29,30). The number of benzene rings is 1. The van der Waals surface area contributed by atoms with E-state index in [1.54, 1.807) is 0 Å². The van der Waals surface area contributed by atoms with Crippen molar-refractivity contribution in [2.75, 3.05) is 12.3 Å². The predicted molar refractivity (Wildman–Crippen MR) is 117 cm³/mol. The minimum Gasteiger partial charge on any atom is -0.479 e. The van der Waals surface area contributed by atoms with E-state index in [1.807, 2.05) is 0 Å². The third-order valence-corrected chi connectivity index (χ3v) is 5.91. The Labute approximate surface area is 209 Å². The van der Waals surface area contributed by atoms with Crippen LogP contribution in [0.3, 0.4) is 0 Å². The number of carboxylic acids is 2. The zero-order valence-electron chi connectivity index (χ0n) is 18.5. The molecular weight excluding hydrogens is 530 g/mol. The lowest BCUT2D eigenvalue weighted by atomic mass is 9.93. The number of hydrogen-bond acceptors (Lipinski definition) is 8. The average Bonchev–Trinajstić information content (AvgIpc) is 3.38. The molecule has 198 valence electrons. The molecule has 0 saturated carbocycles. The lowest BCUT2D eigenvalue weighted by Gasteiger charge is -2.27. The van der Waals surface area contributed by atoms with E-state index in [0.717, 1.165) is 18.2 Å². The number of halogens is 5. The van der Waals surface area contributed by atoms with Gasteiger partial charge in [0.15, 0.2) is 17.7 Å². The minimum atomic E-state index is -4.73. The van der Waals surface area contributed by atoms with E-state index >= 15 is 0 Å². The van der Waals surface area contributed by atoms with E-state index in [1.165, 1.54) is 10.9 Å². The van der Waals surface area contributed by atoms with Crippen molar-refractivity contribution in [3.05, 3.63) is 47.0 Å². The second kappa shape index (κ2) is 9.72. The lowest BCUT2D eigenvalue weighted by molar-refractivity contribution is -0.188. The van der Waals surface area contributed by atoms with Crippen LogP contribution in [-0.2, 0) is 31.7 Å². The molecule has 3 atom stereocenters. The zero-order chi connectivity index (χ0) is 27.1. The number of fused-ring (bicyclic) bond motifs is 1. The quantitative estimate of drug-likeness (QED) is 0.217. The largest absolute Gasteiger partial charge is 0.479 e. The van der Waals surface area contributed by atoms with Gasteiger partial charge in [-0.25, -0.2) is 19.0 Å². The Morgan fingerprint density at radius 3 is 2.59 bits per heavy atom. The summed E-state index contributed by atoms with van der Waals surface area (Å²) in [5, 5.41) is 19.2. The number of hydrogen-bond donors (Lipinski definition) is 3. The molecule has 3 unspecified atom stereocenters. The number of carbonyl (C=O) groups is 2. The second-order valence-corrected chi connectivity index (χ2v) is 8.56.